The van der Waals surface area contributed by atoms with Crippen molar-refractivity contribution in [1.29, 1.82) is 0 Å². The van der Waals surface area contributed by atoms with Gasteiger partial charge in [-0.3, -0.25) is 16.0 Å². The number of hydrogen-bond acceptors (Lipinski definition) is 1. The molecule has 0 radical (unpaired) electrons. The van der Waals surface area contributed by atoms with Crippen LogP contribution in [-0.2, 0) is 0 Å². The molecule has 1 heterocycles. The highest BCUT2D eigenvalue weighted by atomic mass is 15.3. The Kier molecular flexibility index (Phi) is 3.22. The van der Waals surface area contributed by atoms with E-state index < -0.39 is 0 Å². The van der Waals surface area contributed by atoms with Crippen LogP contribution < -0.4 is 16.4 Å². The van der Waals surface area contributed by atoms with Crippen molar-refractivity contribution in [3.05, 3.63) is 29.8 Å². The van der Waals surface area contributed by atoms with Crippen molar-refractivity contribution in [3.63, 3.8) is 0 Å². The molecule has 2 rings (SSSR count). The Labute approximate surface area is 103 Å². The number of benzene rings is 1. The van der Waals surface area contributed by atoms with Gasteiger partial charge in [-0.15, -0.1) is 0 Å². The minimum atomic E-state index is 0.424. The van der Waals surface area contributed by atoms with Crippen LogP contribution in [0.25, 0.3) is 0 Å². The summed E-state index contributed by atoms with van der Waals surface area (Å²) in [6, 6.07) is 9.03. The predicted octanol–water partition coefficient (Wildman–Crippen LogP) is 0.489. The Morgan fingerprint density at radius 3 is 2.76 bits per heavy atom. The SMILES string of the molecule is Cc1cccc(N2CC[N+](=C(N)N)C[C@H]2C)c1. The molecule has 17 heavy (non-hydrogen) atoms. The largest absolute Gasteiger partial charge is 0.362 e. The summed E-state index contributed by atoms with van der Waals surface area (Å²) < 4.78 is 2.04. The standard InChI is InChI=1S/C13H20N4/c1-10-4-3-5-12(8-10)17-7-6-16(13(14)15)9-11(17)2/h3-5,8,11H,6-7,9H2,1-2H3,(H3,14,15)/p+1/t11-/m1/s1. The van der Waals surface area contributed by atoms with E-state index in [-0.39, 0.29) is 0 Å². The van der Waals surface area contributed by atoms with Gasteiger partial charge in [-0.25, -0.2) is 0 Å². The van der Waals surface area contributed by atoms with Crippen LogP contribution in [-0.4, -0.2) is 36.2 Å². The third-order valence-corrected chi connectivity index (χ3v) is 3.33. The Morgan fingerprint density at radius 1 is 1.41 bits per heavy atom. The van der Waals surface area contributed by atoms with Gasteiger partial charge in [0.25, 0.3) is 0 Å². The molecule has 0 saturated carbocycles. The number of guanidine groups is 1. The molecule has 1 saturated heterocycles. The fraction of sp³-hybridized carbons (Fsp3) is 0.462. The van der Waals surface area contributed by atoms with Gasteiger partial charge in [-0.2, -0.15) is 0 Å². The van der Waals surface area contributed by atoms with Crippen LogP contribution in [0.5, 0.6) is 0 Å². The molecule has 0 amide bonds. The second kappa shape index (κ2) is 4.65. The van der Waals surface area contributed by atoms with E-state index in [4.69, 9.17) is 11.5 Å². The summed E-state index contributed by atoms with van der Waals surface area (Å²) in [6.07, 6.45) is 0. The molecule has 0 unspecified atom stereocenters. The molecule has 1 atom stereocenters. The summed E-state index contributed by atoms with van der Waals surface area (Å²) >= 11 is 0. The van der Waals surface area contributed by atoms with Crippen molar-refractivity contribution >= 4 is 11.6 Å². The van der Waals surface area contributed by atoms with Gasteiger partial charge >= 0.3 is 5.96 Å². The van der Waals surface area contributed by atoms with Crippen molar-refractivity contribution < 1.29 is 4.58 Å². The Bertz CT molecular complexity index is 435. The second-order valence-electron chi connectivity index (χ2n) is 4.75. The Hall–Kier alpha value is -1.71. The first-order valence-electron chi connectivity index (χ1n) is 6.04. The van der Waals surface area contributed by atoms with Crippen molar-refractivity contribution in [2.24, 2.45) is 11.5 Å². The minimum Gasteiger partial charge on any atom is -0.362 e. The molecular weight excluding hydrogens is 212 g/mol. The predicted molar refractivity (Wildman–Crippen MR) is 71.4 cm³/mol. The highest BCUT2D eigenvalue weighted by Gasteiger charge is 2.24. The zero-order valence-corrected chi connectivity index (χ0v) is 10.6. The summed E-state index contributed by atoms with van der Waals surface area (Å²) in [5.41, 5.74) is 13.9. The molecule has 1 aromatic carbocycles. The number of nitrogens with zero attached hydrogens (tertiary/aromatic N) is 2. The van der Waals surface area contributed by atoms with E-state index in [2.05, 4.69) is 43.0 Å². The fourth-order valence-corrected chi connectivity index (χ4v) is 2.38. The highest BCUT2D eigenvalue weighted by molar-refractivity contribution is 5.70. The van der Waals surface area contributed by atoms with Gasteiger partial charge in [0.1, 0.15) is 0 Å². The van der Waals surface area contributed by atoms with Crippen LogP contribution in [0.3, 0.4) is 0 Å². The molecule has 1 fully saturated rings. The lowest BCUT2D eigenvalue weighted by molar-refractivity contribution is -0.536. The summed E-state index contributed by atoms with van der Waals surface area (Å²) in [5, 5.41) is 0. The van der Waals surface area contributed by atoms with Crippen LogP contribution >= 0.6 is 0 Å². The monoisotopic (exact) mass is 233 g/mol. The maximum atomic E-state index is 5.64. The quantitative estimate of drug-likeness (QED) is 0.548. The van der Waals surface area contributed by atoms with Crippen molar-refractivity contribution in [2.75, 3.05) is 24.5 Å². The van der Waals surface area contributed by atoms with Gasteiger partial charge in [0.2, 0.25) is 0 Å². The van der Waals surface area contributed by atoms with Gasteiger partial charge in [0.05, 0.1) is 19.1 Å². The minimum absolute atomic E-state index is 0.424. The maximum Gasteiger partial charge on any atom is 0.341 e. The second-order valence-corrected chi connectivity index (χ2v) is 4.75. The van der Waals surface area contributed by atoms with Crippen LogP contribution in [0.2, 0.25) is 0 Å². The van der Waals surface area contributed by atoms with E-state index >= 15 is 0 Å². The van der Waals surface area contributed by atoms with Gasteiger partial charge in [-0.1, -0.05) is 12.1 Å². The smallest absolute Gasteiger partial charge is 0.341 e. The van der Waals surface area contributed by atoms with Gasteiger partial charge < -0.3 is 4.90 Å². The summed E-state index contributed by atoms with van der Waals surface area (Å²) in [4.78, 5) is 2.41. The third kappa shape index (κ3) is 2.52. The molecule has 1 aliphatic rings. The van der Waals surface area contributed by atoms with Crippen LogP contribution in [0.1, 0.15) is 12.5 Å². The van der Waals surface area contributed by atoms with Crippen LogP contribution in [0.4, 0.5) is 5.69 Å². The molecule has 92 valence electrons. The third-order valence-electron chi connectivity index (χ3n) is 3.33. The first kappa shape index (κ1) is 11.8. The molecule has 4 heteroatoms. The van der Waals surface area contributed by atoms with E-state index in [1.807, 2.05) is 4.58 Å². The summed E-state index contributed by atoms with van der Waals surface area (Å²) in [5.74, 6) is 0.431. The molecule has 0 bridgehead atoms. The number of piperazine rings is 1. The average Bonchev–Trinajstić information content (AvgIpc) is 2.28. The van der Waals surface area contributed by atoms with Crippen LogP contribution in [0.15, 0.2) is 24.3 Å². The number of anilines is 1. The van der Waals surface area contributed by atoms with Crippen LogP contribution in [0, 0.1) is 6.92 Å². The summed E-state index contributed by atoms with van der Waals surface area (Å²) in [7, 11) is 0. The molecular formula is C13H21N4+. The average molecular weight is 233 g/mol. The zero-order valence-electron chi connectivity index (χ0n) is 10.6. The number of nitrogens with two attached hydrogens (primary N) is 2. The number of hydrogen-bond donors (Lipinski definition) is 2. The van der Waals surface area contributed by atoms with E-state index in [1.165, 1.54) is 11.3 Å². The van der Waals surface area contributed by atoms with Gasteiger partial charge in [0.15, 0.2) is 0 Å². The fourth-order valence-electron chi connectivity index (χ4n) is 2.38. The van der Waals surface area contributed by atoms with Crippen molar-refractivity contribution in [1.82, 2.24) is 0 Å². The topological polar surface area (TPSA) is 58.3 Å². The number of aryl methyl sites for hydroxylation is 1. The van der Waals surface area contributed by atoms with Gasteiger partial charge in [0, 0.05) is 12.2 Å². The molecule has 4 N–H and O–H groups in total. The van der Waals surface area contributed by atoms with E-state index in [0.717, 1.165) is 19.6 Å². The number of rotatable bonds is 1. The van der Waals surface area contributed by atoms with E-state index in [9.17, 15) is 0 Å². The molecule has 0 aliphatic carbocycles. The zero-order chi connectivity index (χ0) is 12.4. The molecule has 1 aliphatic heterocycles. The van der Waals surface area contributed by atoms with Crippen molar-refractivity contribution in [3.8, 4) is 0 Å². The highest BCUT2D eigenvalue weighted by Crippen LogP contribution is 2.20. The normalized spacial score (nSPS) is 20.5. The Balaban J connectivity index is 2.18. The first-order chi connectivity index (χ1) is 8.08. The van der Waals surface area contributed by atoms with Crippen molar-refractivity contribution in [2.45, 2.75) is 19.9 Å². The summed E-state index contributed by atoms with van der Waals surface area (Å²) in [6.45, 7) is 7.06. The molecule has 0 spiro atoms. The maximum absolute atomic E-state index is 5.64. The molecule has 4 nitrogen and oxygen atoms in total. The lowest BCUT2D eigenvalue weighted by atomic mass is 10.1. The first-order valence-corrected chi connectivity index (χ1v) is 6.04. The Morgan fingerprint density at radius 2 is 2.18 bits per heavy atom. The molecule has 1 aromatic rings. The van der Waals surface area contributed by atoms with E-state index in [0.29, 0.717) is 12.0 Å². The van der Waals surface area contributed by atoms with E-state index in [1.54, 1.807) is 0 Å². The van der Waals surface area contributed by atoms with Gasteiger partial charge in [-0.05, 0) is 31.5 Å². The molecule has 0 aromatic heterocycles. The lowest BCUT2D eigenvalue weighted by Crippen LogP contribution is -2.52. The lowest BCUT2D eigenvalue weighted by Gasteiger charge is -2.36.